The number of carbonyl (C=O) groups excluding carboxylic acids is 2. The van der Waals surface area contributed by atoms with Crippen LogP contribution in [0, 0.1) is 0 Å². The second kappa shape index (κ2) is 66.6. The Balaban J connectivity index is 3.37. The van der Waals surface area contributed by atoms with Gasteiger partial charge in [-0.2, -0.15) is 0 Å². The van der Waals surface area contributed by atoms with Gasteiger partial charge in [0, 0.05) is 12.8 Å². The summed E-state index contributed by atoms with van der Waals surface area (Å²) in [4.78, 5) is 24.6. The van der Waals surface area contributed by atoms with Crippen molar-refractivity contribution in [2.24, 2.45) is 0 Å². The van der Waals surface area contributed by atoms with E-state index >= 15 is 0 Å². The van der Waals surface area contributed by atoms with Crippen LogP contribution in [0.2, 0.25) is 0 Å². The molecule has 0 unspecified atom stereocenters. The van der Waals surface area contributed by atoms with Crippen molar-refractivity contribution in [3.05, 3.63) is 36.5 Å². The number of unbranched alkanes of at least 4 members (excludes halogenated alkanes) is 50. The molecule has 3 N–H and O–H groups in total. The fraction of sp³-hybridized carbons (Fsp3) is 0.887. The molecule has 0 aromatic rings. The SMILES string of the molecule is CCCCC/C=C\C/C=C\CCCCCCCC(=O)OCCCCCCCCCCCCCCCCCCCCCCCCCCCCCCC(=O)N[C@@H](CO)[C@H](O)/C=C/CCCCCCCCCCCCCCCCC. The highest BCUT2D eigenvalue weighted by molar-refractivity contribution is 5.76. The van der Waals surface area contributed by atoms with E-state index in [9.17, 15) is 19.8 Å². The molecular formula is C71H135NO5. The van der Waals surface area contributed by atoms with E-state index in [1.807, 2.05) is 6.08 Å². The van der Waals surface area contributed by atoms with Crippen LogP contribution in [-0.4, -0.2) is 47.4 Å². The fourth-order valence-corrected chi connectivity index (χ4v) is 10.8. The summed E-state index contributed by atoms with van der Waals surface area (Å²) in [5.41, 5.74) is 0. The molecule has 2 atom stereocenters. The molecule has 0 saturated carbocycles. The number of aliphatic hydroxyl groups excluding tert-OH is 2. The van der Waals surface area contributed by atoms with E-state index in [4.69, 9.17) is 4.74 Å². The molecule has 0 aromatic carbocycles. The lowest BCUT2D eigenvalue weighted by Crippen LogP contribution is -2.45. The Morgan fingerprint density at radius 1 is 0.364 bits per heavy atom. The van der Waals surface area contributed by atoms with E-state index in [0.29, 0.717) is 19.4 Å². The van der Waals surface area contributed by atoms with Gasteiger partial charge in [-0.25, -0.2) is 0 Å². The molecule has 0 aliphatic heterocycles. The predicted octanol–water partition coefficient (Wildman–Crippen LogP) is 22.3. The Kier molecular flexibility index (Phi) is 64.9. The molecule has 0 heterocycles. The zero-order valence-electron chi connectivity index (χ0n) is 52.0. The maximum absolute atomic E-state index is 12.5. The van der Waals surface area contributed by atoms with E-state index in [1.165, 1.54) is 302 Å². The highest BCUT2D eigenvalue weighted by atomic mass is 16.5. The van der Waals surface area contributed by atoms with Crippen molar-refractivity contribution < 1.29 is 24.5 Å². The van der Waals surface area contributed by atoms with Crippen LogP contribution < -0.4 is 5.32 Å². The average molecular weight is 1080 g/mol. The number of amides is 1. The zero-order valence-corrected chi connectivity index (χ0v) is 52.0. The third-order valence-electron chi connectivity index (χ3n) is 16.2. The Bertz CT molecular complexity index is 1250. The number of rotatable bonds is 65. The van der Waals surface area contributed by atoms with Gasteiger partial charge < -0.3 is 20.3 Å². The topological polar surface area (TPSA) is 95.9 Å². The summed E-state index contributed by atoms with van der Waals surface area (Å²) in [5.74, 6) is -0.0575. The second-order valence-electron chi connectivity index (χ2n) is 23.9. The molecule has 6 heteroatoms. The molecule has 0 radical (unpaired) electrons. The van der Waals surface area contributed by atoms with Crippen molar-refractivity contribution >= 4 is 11.9 Å². The first-order valence-electron chi connectivity index (χ1n) is 34.8. The van der Waals surface area contributed by atoms with Gasteiger partial charge >= 0.3 is 5.97 Å². The summed E-state index contributed by atoms with van der Waals surface area (Å²) in [6, 6.07) is -0.626. The number of esters is 1. The fourth-order valence-electron chi connectivity index (χ4n) is 10.8. The van der Waals surface area contributed by atoms with Crippen molar-refractivity contribution in [1.82, 2.24) is 5.32 Å². The number of nitrogens with one attached hydrogen (secondary N) is 1. The summed E-state index contributed by atoms with van der Waals surface area (Å²) < 4.78 is 5.49. The van der Waals surface area contributed by atoms with Gasteiger partial charge in [0.05, 0.1) is 25.4 Å². The Morgan fingerprint density at radius 2 is 0.649 bits per heavy atom. The van der Waals surface area contributed by atoms with E-state index in [1.54, 1.807) is 6.08 Å². The Hall–Kier alpha value is -1.92. The number of hydrogen-bond acceptors (Lipinski definition) is 5. The van der Waals surface area contributed by atoms with Gasteiger partial charge in [0.25, 0.3) is 0 Å². The quantitative estimate of drug-likeness (QED) is 0.0320. The lowest BCUT2D eigenvalue weighted by atomic mass is 10.0. The lowest BCUT2D eigenvalue weighted by Gasteiger charge is -2.20. The summed E-state index contributed by atoms with van der Waals surface area (Å²) in [5, 5.41) is 23.2. The van der Waals surface area contributed by atoms with Crippen LogP contribution in [0.5, 0.6) is 0 Å². The molecule has 0 fully saturated rings. The van der Waals surface area contributed by atoms with Crippen molar-refractivity contribution in [1.29, 1.82) is 0 Å². The molecule has 0 rings (SSSR count). The molecule has 6 nitrogen and oxygen atoms in total. The van der Waals surface area contributed by atoms with Gasteiger partial charge in [0.15, 0.2) is 0 Å². The van der Waals surface area contributed by atoms with Crippen LogP contribution >= 0.6 is 0 Å². The molecule has 0 aromatic heterocycles. The highest BCUT2D eigenvalue weighted by Gasteiger charge is 2.18. The monoisotopic (exact) mass is 1080 g/mol. The van der Waals surface area contributed by atoms with Crippen LogP contribution in [-0.2, 0) is 14.3 Å². The molecule has 1 amide bonds. The van der Waals surface area contributed by atoms with Gasteiger partial charge in [-0.3, -0.25) is 9.59 Å². The average Bonchev–Trinajstić information content (AvgIpc) is 3.43. The third kappa shape index (κ3) is 63.1. The second-order valence-corrected chi connectivity index (χ2v) is 23.9. The van der Waals surface area contributed by atoms with Crippen molar-refractivity contribution in [2.75, 3.05) is 13.2 Å². The smallest absolute Gasteiger partial charge is 0.305 e. The van der Waals surface area contributed by atoms with E-state index in [2.05, 4.69) is 43.5 Å². The number of ether oxygens (including phenoxy) is 1. The molecule has 454 valence electrons. The largest absolute Gasteiger partial charge is 0.466 e. The molecule has 0 saturated heterocycles. The zero-order chi connectivity index (χ0) is 55.7. The standard InChI is InChI=1S/C71H135NO5/c1-3-5-7-9-11-13-15-17-19-32-36-39-43-47-51-55-59-63-69(74)68(67-73)72-70(75)64-60-56-52-48-44-40-37-33-30-28-26-24-22-20-21-23-25-27-29-31-34-38-42-46-50-54-58-62-66-77-71(76)65-61-57-53-49-45-41-35-18-16-14-12-10-8-6-4-2/h12,14,18,35,59,63,68-69,73-74H,3-11,13,15-17,19-34,36-58,60-62,64-67H2,1-2H3,(H,72,75)/b14-12-,35-18-,63-59+/t68-,69+/m0/s1. The predicted molar refractivity (Wildman–Crippen MR) is 338 cm³/mol. The van der Waals surface area contributed by atoms with Crippen molar-refractivity contribution in [3.8, 4) is 0 Å². The van der Waals surface area contributed by atoms with Crippen LogP contribution in [0.3, 0.4) is 0 Å². The molecule has 0 aliphatic rings. The van der Waals surface area contributed by atoms with Crippen LogP contribution in [0.1, 0.15) is 380 Å². The van der Waals surface area contributed by atoms with Gasteiger partial charge in [-0.05, 0) is 64.2 Å². The first-order chi connectivity index (χ1) is 38.0. The number of aliphatic hydroxyl groups is 2. The summed E-state index contributed by atoms with van der Waals surface area (Å²) >= 11 is 0. The Labute approximate surface area is 481 Å². The number of carbonyl (C=O) groups is 2. The van der Waals surface area contributed by atoms with Gasteiger partial charge in [-0.1, -0.05) is 339 Å². The van der Waals surface area contributed by atoms with Gasteiger partial charge in [0.1, 0.15) is 0 Å². The molecule has 77 heavy (non-hydrogen) atoms. The summed E-state index contributed by atoms with van der Waals surface area (Å²) in [6.07, 6.45) is 85.0. The third-order valence-corrected chi connectivity index (χ3v) is 16.2. The highest BCUT2D eigenvalue weighted by Crippen LogP contribution is 2.19. The van der Waals surface area contributed by atoms with E-state index in [-0.39, 0.29) is 18.5 Å². The number of hydrogen-bond donors (Lipinski definition) is 3. The maximum Gasteiger partial charge on any atom is 0.305 e. The van der Waals surface area contributed by atoms with Crippen LogP contribution in [0.4, 0.5) is 0 Å². The molecular weight excluding hydrogens is 947 g/mol. The van der Waals surface area contributed by atoms with E-state index in [0.717, 1.165) is 51.4 Å². The summed E-state index contributed by atoms with van der Waals surface area (Å²) in [7, 11) is 0. The normalized spacial score (nSPS) is 12.7. The van der Waals surface area contributed by atoms with Crippen LogP contribution in [0.25, 0.3) is 0 Å². The molecule has 0 bridgehead atoms. The minimum absolute atomic E-state index is 0.00471. The van der Waals surface area contributed by atoms with E-state index < -0.39 is 12.1 Å². The minimum Gasteiger partial charge on any atom is -0.466 e. The first kappa shape index (κ1) is 75.1. The lowest BCUT2D eigenvalue weighted by molar-refractivity contribution is -0.143. The Morgan fingerprint density at radius 3 is 1.01 bits per heavy atom. The van der Waals surface area contributed by atoms with Crippen molar-refractivity contribution in [2.45, 2.75) is 392 Å². The molecule has 0 aliphatic carbocycles. The maximum atomic E-state index is 12.5. The van der Waals surface area contributed by atoms with Crippen LogP contribution in [0.15, 0.2) is 36.5 Å². The summed E-state index contributed by atoms with van der Waals surface area (Å²) in [6.45, 7) is 4.90. The molecule has 0 spiro atoms. The van der Waals surface area contributed by atoms with Gasteiger partial charge in [0.2, 0.25) is 5.91 Å². The minimum atomic E-state index is -0.843. The van der Waals surface area contributed by atoms with Crippen molar-refractivity contribution in [3.63, 3.8) is 0 Å². The first-order valence-corrected chi connectivity index (χ1v) is 34.8. The number of allylic oxidation sites excluding steroid dienone is 5. The van der Waals surface area contributed by atoms with Gasteiger partial charge in [-0.15, -0.1) is 0 Å².